The van der Waals surface area contributed by atoms with Crippen molar-refractivity contribution in [2.24, 2.45) is 0 Å². The highest BCUT2D eigenvalue weighted by molar-refractivity contribution is 7.92. The highest BCUT2D eigenvalue weighted by Crippen LogP contribution is 2.24. The molecule has 7 heteroatoms. The minimum Gasteiger partial charge on any atom is -0.480 e. The number of sulfone groups is 1. The number of nitrogens with one attached hydrogen (secondary N) is 1. The topological polar surface area (TPSA) is 96.4 Å². The second-order valence-electron chi connectivity index (χ2n) is 6.18. The van der Waals surface area contributed by atoms with Crippen molar-refractivity contribution < 1.29 is 18.3 Å². The van der Waals surface area contributed by atoms with E-state index >= 15 is 0 Å². The van der Waals surface area contributed by atoms with Gasteiger partial charge in [0.2, 0.25) is 0 Å². The van der Waals surface area contributed by atoms with Crippen LogP contribution in [0.5, 0.6) is 0 Å². The van der Waals surface area contributed by atoms with Gasteiger partial charge in [0.05, 0.1) is 16.6 Å². The fourth-order valence-corrected chi connectivity index (χ4v) is 2.87. The molecule has 1 aromatic heterocycles. The van der Waals surface area contributed by atoms with Gasteiger partial charge in [0.15, 0.2) is 14.9 Å². The van der Waals surface area contributed by atoms with E-state index in [0.717, 1.165) is 12.8 Å². The zero-order chi connectivity index (χ0) is 17.0. The van der Waals surface area contributed by atoms with E-state index in [-0.39, 0.29) is 5.03 Å². The zero-order valence-electron chi connectivity index (χ0n) is 13.5. The lowest BCUT2D eigenvalue weighted by Crippen LogP contribution is -2.30. The van der Waals surface area contributed by atoms with Gasteiger partial charge in [-0.25, -0.2) is 18.2 Å². The van der Waals surface area contributed by atoms with Gasteiger partial charge in [-0.1, -0.05) is 19.8 Å². The molecule has 0 saturated carbocycles. The number of nitrogens with zero attached hydrogens (tertiary/aromatic N) is 1. The monoisotopic (exact) mass is 328 g/mol. The van der Waals surface area contributed by atoms with Crippen molar-refractivity contribution in [1.82, 2.24) is 4.98 Å². The summed E-state index contributed by atoms with van der Waals surface area (Å²) < 4.78 is 23.6. The highest BCUT2D eigenvalue weighted by Gasteiger charge is 2.32. The molecule has 1 rings (SSSR count). The third-order valence-electron chi connectivity index (χ3n) is 3.30. The highest BCUT2D eigenvalue weighted by atomic mass is 32.2. The molecule has 6 nitrogen and oxygen atoms in total. The fraction of sp³-hybridized carbons (Fsp3) is 0.600. The summed E-state index contributed by atoms with van der Waals surface area (Å²) in [5.41, 5.74) is 0.497. The first-order chi connectivity index (χ1) is 10.1. The smallest absolute Gasteiger partial charge is 0.326 e. The maximum atomic E-state index is 12.3. The van der Waals surface area contributed by atoms with Crippen molar-refractivity contribution in [3.05, 3.63) is 18.3 Å². The normalized spacial score (nSPS) is 13.6. The Morgan fingerprint density at radius 3 is 2.41 bits per heavy atom. The molecule has 0 spiro atoms. The molecule has 1 unspecified atom stereocenters. The third kappa shape index (κ3) is 4.43. The third-order valence-corrected chi connectivity index (χ3v) is 5.71. The molecule has 0 bridgehead atoms. The largest absolute Gasteiger partial charge is 0.480 e. The van der Waals surface area contributed by atoms with Crippen LogP contribution in [0, 0.1) is 0 Å². The van der Waals surface area contributed by atoms with Gasteiger partial charge >= 0.3 is 5.97 Å². The van der Waals surface area contributed by atoms with Crippen LogP contribution in [-0.2, 0) is 14.6 Å². The van der Waals surface area contributed by atoms with E-state index in [1.807, 2.05) is 6.92 Å². The van der Waals surface area contributed by atoms with E-state index in [0.29, 0.717) is 12.1 Å². The van der Waals surface area contributed by atoms with E-state index in [1.165, 1.54) is 12.3 Å². The maximum Gasteiger partial charge on any atom is 0.326 e. The summed E-state index contributed by atoms with van der Waals surface area (Å²) in [6.07, 6.45) is 3.58. The molecule has 22 heavy (non-hydrogen) atoms. The minimum absolute atomic E-state index is 0.00835. The number of carboxylic acid groups (broad SMARTS) is 1. The average molecular weight is 328 g/mol. The standard InChI is InChI=1S/C15H24N2O4S/c1-5-6-7-12(14(18)19)17-11-8-9-13(16-10-11)22(20,21)15(2,3)4/h8-10,12,17H,5-7H2,1-4H3,(H,18,19). The molecule has 0 fully saturated rings. The molecule has 0 saturated heterocycles. The molecule has 124 valence electrons. The SMILES string of the molecule is CCCCC(Nc1ccc(S(=O)(=O)C(C)(C)C)nc1)C(=O)O. The van der Waals surface area contributed by atoms with Crippen LogP contribution >= 0.6 is 0 Å². The number of hydrogen-bond donors (Lipinski definition) is 2. The Labute approximate surface area is 131 Å². The Morgan fingerprint density at radius 2 is 2.00 bits per heavy atom. The molecule has 1 atom stereocenters. The Balaban J connectivity index is 2.91. The molecular weight excluding hydrogens is 304 g/mol. The van der Waals surface area contributed by atoms with E-state index < -0.39 is 26.6 Å². The van der Waals surface area contributed by atoms with Gasteiger partial charge in [0.1, 0.15) is 6.04 Å². The Morgan fingerprint density at radius 1 is 1.36 bits per heavy atom. The van der Waals surface area contributed by atoms with E-state index in [9.17, 15) is 18.3 Å². The second-order valence-corrected chi connectivity index (χ2v) is 8.83. The van der Waals surface area contributed by atoms with Crippen LogP contribution < -0.4 is 5.32 Å². The van der Waals surface area contributed by atoms with Gasteiger partial charge in [0.25, 0.3) is 0 Å². The molecule has 0 aliphatic rings. The Kier molecular flexibility index (Phi) is 5.93. The van der Waals surface area contributed by atoms with Crippen LogP contribution in [0.1, 0.15) is 47.0 Å². The first kappa shape index (κ1) is 18.4. The number of pyridine rings is 1. The molecule has 1 heterocycles. The first-order valence-electron chi connectivity index (χ1n) is 7.29. The lowest BCUT2D eigenvalue weighted by Gasteiger charge is -2.19. The average Bonchev–Trinajstić information content (AvgIpc) is 2.42. The summed E-state index contributed by atoms with van der Waals surface area (Å²) in [4.78, 5) is 15.2. The van der Waals surface area contributed by atoms with Crippen molar-refractivity contribution in [2.75, 3.05) is 5.32 Å². The van der Waals surface area contributed by atoms with Crippen molar-refractivity contribution in [3.8, 4) is 0 Å². The van der Waals surface area contributed by atoms with Gasteiger partial charge in [-0.3, -0.25) is 0 Å². The lowest BCUT2D eigenvalue weighted by atomic mass is 10.1. The number of rotatable bonds is 7. The van der Waals surface area contributed by atoms with E-state index in [4.69, 9.17) is 0 Å². The summed E-state index contributed by atoms with van der Waals surface area (Å²) in [5, 5.41) is 12.0. The van der Waals surface area contributed by atoms with Crippen LogP contribution in [0.15, 0.2) is 23.4 Å². The lowest BCUT2D eigenvalue weighted by molar-refractivity contribution is -0.138. The molecule has 0 radical (unpaired) electrons. The van der Waals surface area contributed by atoms with E-state index in [1.54, 1.807) is 26.8 Å². The zero-order valence-corrected chi connectivity index (χ0v) is 14.3. The Hall–Kier alpha value is -1.63. The maximum absolute atomic E-state index is 12.3. The van der Waals surface area contributed by atoms with E-state index in [2.05, 4.69) is 10.3 Å². The van der Waals surface area contributed by atoms with Crippen LogP contribution in [0.3, 0.4) is 0 Å². The summed E-state index contributed by atoms with van der Waals surface area (Å²) in [6, 6.07) is 2.25. The summed E-state index contributed by atoms with van der Waals surface area (Å²) in [7, 11) is -3.51. The van der Waals surface area contributed by atoms with Crippen LogP contribution in [0.2, 0.25) is 0 Å². The molecule has 2 N–H and O–H groups in total. The molecule has 0 aromatic carbocycles. The summed E-state index contributed by atoms with van der Waals surface area (Å²) in [5.74, 6) is -0.931. The molecule has 0 aliphatic carbocycles. The predicted molar refractivity (Wildman–Crippen MR) is 85.7 cm³/mol. The number of aromatic nitrogens is 1. The van der Waals surface area contributed by atoms with Crippen LogP contribution in [0.25, 0.3) is 0 Å². The van der Waals surface area contributed by atoms with Crippen molar-refractivity contribution >= 4 is 21.5 Å². The predicted octanol–water partition coefficient (Wildman–Crippen LogP) is 2.71. The number of unbranched alkanes of at least 4 members (excludes halogenated alkanes) is 1. The van der Waals surface area contributed by atoms with Crippen molar-refractivity contribution in [3.63, 3.8) is 0 Å². The van der Waals surface area contributed by atoms with Gasteiger partial charge in [0, 0.05) is 0 Å². The minimum atomic E-state index is -3.51. The van der Waals surface area contributed by atoms with Crippen molar-refractivity contribution in [2.45, 2.75) is 62.8 Å². The van der Waals surface area contributed by atoms with Crippen LogP contribution in [-0.4, -0.2) is 35.3 Å². The number of anilines is 1. The molecule has 0 amide bonds. The number of carbonyl (C=O) groups is 1. The fourth-order valence-electron chi connectivity index (χ4n) is 1.81. The van der Waals surface area contributed by atoms with Gasteiger partial charge in [-0.2, -0.15) is 0 Å². The number of hydrogen-bond acceptors (Lipinski definition) is 5. The summed E-state index contributed by atoms with van der Waals surface area (Å²) in [6.45, 7) is 6.83. The van der Waals surface area contributed by atoms with Gasteiger partial charge < -0.3 is 10.4 Å². The molecular formula is C15H24N2O4S. The molecule has 0 aliphatic heterocycles. The van der Waals surface area contributed by atoms with Gasteiger partial charge in [-0.05, 0) is 39.3 Å². The second kappa shape index (κ2) is 7.09. The Bertz CT molecular complexity index is 603. The summed E-state index contributed by atoms with van der Waals surface area (Å²) >= 11 is 0. The first-order valence-corrected chi connectivity index (χ1v) is 8.78. The van der Waals surface area contributed by atoms with Gasteiger partial charge in [-0.15, -0.1) is 0 Å². The number of carboxylic acids is 1. The number of aliphatic carboxylic acids is 1. The van der Waals surface area contributed by atoms with Crippen LogP contribution in [0.4, 0.5) is 5.69 Å². The quantitative estimate of drug-likeness (QED) is 0.799. The van der Waals surface area contributed by atoms with Crippen molar-refractivity contribution in [1.29, 1.82) is 0 Å². The molecule has 1 aromatic rings.